The highest BCUT2D eigenvalue weighted by molar-refractivity contribution is 6.13. The minimum Gasteiger partial charge on any atom is -0.450 e. The quantitative estimate of drug-likeness (QED) is 0.443. The maximum atomic E-state index is 11.4. The summed E-state index contributed by atoms with van der Waals surface area (Å²) in [6, 6.07) is 0. The Morgan fingerprint density at radius 1 is 1.22 bits per heavy atom. The van der Waals surface area contributed by atoms with E-state index >= 15 is 0 Å². The van der Waals surface area contributed by atoms with Gasteiger partial charge in [-0.3, -0.25) is 5.32 Å². The minimum atomic E-state index is -0.820. The first-order chi connectivity index (χ1) is 8.60. The number of rotatable bonds is 6. The van der Waals surface area contributed by atoms with Gasteiger partial charge in [-0.2, -0.15) is 0 Å². The summed E-state index contributed by atoms with van der Waals surface area (Å²) in [4.78, 5) is 34.1. The average Bonchev–Trinajstić information content (AvgIpc) is 2.56. The summed E-state index contributed by atoms with van der Waals surface area (Å²) in [5.41, 5.74) is 0.135. The van der Waals surface area contributed by atoms with Crippen LogP contribution in [0.5, 0.6) is 0 Å². The van der Waals surface area contributed by atoms with E-state index in [1.54, 1.807) is 6.92 Å². The maximum absolute atomic E-state index is 11.4. The average molecular weight is 255 g/mol. The molecule has 1 aliphatic rings. The van der Waals surface area contributed by atoms with E-state index in [0.29, 0.717) is 6.42 Å². The predicted molar refractivity (Wildman–Crippen MR) is 62.4 cm³/mol. The standard InChI is InChI=1S/C12H17NO5/c1-3-5-6-7-8-9(11(15)18-10(8)14)13-12(16)17-4-2/h3-7H2,1-2H3,(H,13,16). The van der Waals surface area contributed by atoms with Gasteiger partial charge in [0.2, 0.25) is 0 Å². The molecular formula is C12H17NO5. The number of alkyl carbamates (subject to hydrolysis) is 1. The van der Waals surface area contributed by atoms with Crippen LogP contribution in [0.15, 0.2) is 11.3 Å². The maximum Gasteiger partial charge on any atom is 0.411 e. The number of carbonyl (C=O) groups is 3. The fraction of sp³-hybridized carbons (Fsp3) is 0.583. The number of carbonyl (C=O) groups excluding carboxylic acids is 3. The molecule has 0 spiro atoms. The molecule has 6 heteroatoms. The highest BCUT2D eigenvalue weighted by Crippen LogP contribution is 2.21. The molecule has 0 aliphatic carbocycles. The lowest BCUT2D eigenvalue weighted by atomic mass is 10.1. The van der Waals surface area contributed by atoms with E-state index < -0.39 is 18.0 Å². The van der Waals surface area contributed by atoms with Crippen molar-refractivity contribution in [3.63, 3.8) is 0 Å². The van der Waals surface area contributed by atoms with Crippen LogP contribution in [0.25, 0.3) is 0 Å². The molecule has 0 saturated heterocycles. The molecule has 100 valence electrons. The van der Waals surface area contributed by atoms with E-state index in [0.717, 1.165) is 19.3 Å². The van der Waals surface area contributed by atoms with Crippen LogP contribution in [0.1, 0.15) is 39.5 Å². The topological polar surface area (TPSA) is 81.7 Å². The van der Waals surface area contributed by atoms with Crippen LogP contribution in [0, 0.1) is 0 Å². The van der Waals surface area contributed by atoms with Gasteiger partial charge in [0.25, 0.3) is 0 Å². The lowest BCUT2D eigenvalue weighted by molar-refractivity contribution is -0.151. The molecular weight excluding hydrogens is 238 g/mol. The second-order valence-corrected chi connectivity index (χ2v) is 3.83. The van der Waals surface area contributed by atoms with Crippen LogP contribution in [-0.4, -0.2) is 24.6 Å². The third kappa shape index (κ3) is 3.58. The van der Waals surface area contributed by atoms with Gasteiger partial charge >= 0.3 is 18.0 Å². The molecule has 0 atom stereocenters. The summed E-state index contributed by atoms with van der Waals surface area (Å²) in [7, 11) is 0. The van der Waals surface area contributed by atoms with Crippen LogP contribution in [0.2, 0.25) is 0 Å². The third-order valence-corrected chi connectivity index (χ3v) is 2.47. The van der Waals surface area contributed by atoms with Crippen molar-refractivity contribution in [2.75, 3.05) is 6.61 Å². The molecule has 1 N–H and O–H groups in total. The lowest BCUT2D eigenvalue weighted by Gasteiger charge is -2.05. The van der Waals surface area contributed by atoms with Crippen molar-refractivity contribution >= 4 is 18.0 Å². The molecule has 0 aromatic carbocycles. The van der Waals surface area contributed by atoms with Crippen molar-refractivity contribution in [3.05, 3.63) is 11.3 Å². The van der Waals surface area contributed by atoms with E-state index in [2.05, 4.69) is 14.8 Å². The molecule has 0 aromatic rings. The van der Waals surface area contributed by atoms with E-state index in [4.69, 9.17) is 0 Å². The Labute approximate surface area is 105 Å². The molecule has 0 bridgehead atoms. The second-order valence-electron chi connectivity index (χ2n) is 3.83. The van der Waals surface area contributed by atoms with Gasteiger partial charge in [0.05, 0.1) is 12.2 Å². The van der Waals surface area contributed by atoms with Crippen LogP contribution in [0.3, 0.4) is 0 Å². The van der Waals surface area contributed by atoms with Crippen LogP contribution in [0.4, 0.5) is 4.79 Å². The molecule has 0 unspecified atom stereocenters. The Morgan fingerprint density at radius 3 is 2.56 bits per heavy atom. The fourth-order valence-corrected chi connectivity index (χ4v) is 1.60. The Morgan fingerprint density at radius 2 is 1.94 bits per heavy atom. The lowest BCUT2D eigenvalue weighted by Crippen LogP contribution is -2.27. The molecule has 1 rings (SSSR count). The molecule has 18 heavy (non-hydrogen) atoms. The van der Waals surface area contributed by atoms with Gasteiger partial charge in [0.15, 0.2) is 0 Å². The zero-order valence-corrected chi connectivity index (χ0v) is 10.6. The molecule has 0 fully saturated rings. The first kappa shape index (κ1) is 14.2. The van der Waals surface area contributed by atoms with Crippen LogP contribution >= 0.6 is 0 Å². The number of amides is 1. The van der Waals surface area contributed by atoms with E-state index in [-0.39, 0.29) is 17.9 Å². The van der Waals surface area contributed by atoms with Crippen molar-refractivity contribution in [2.45, 2.75) is 39.5 Å². The zero-order chi connectivity index (χ0) is 13.5. The van der Waals surface area contributed by atoms with Crippen molar-refractivity contribution in [1.29, 1.82) is 0 Å². The largest absolute Gasteiger partial charge is 0.450 e. The summed E-state index contributed by atoms with van der Waals surface area (Å²) >= 11 is 0. The Balaban J connectivity index is 2.74. The van der Waals surface area contributed by atoms with E-state index in [1.165, 1.54) is 0 Å². The number of cyclic esters (lactones) is 2. The Bertz CT molecular complexity index is 386. The van der Waals surface area contributed by atoms with Crippen molar-refractivity contribution < 1.29 is 23.9 Å². The van der Waals surface area contributed by atoms with Crippen LogP contribution < -0.4 is 5.32 Å². The first-order valence-corrected chi connectivity index (χ1v) is 6.03. The molecule has 6 nitrogen and oxygen atoms in total. The summed E-state index contributed by atoms with van der Waals surface area (Å²) in [5.74, 6) is -1.50. The molecule has 0 aromatic heterocycles. The minimum absolute atomic E-state index is 0.0884. The van der Waals surface area contributed by atoms with E-state index in [1.807, 2.05) is 6.92 Å². The highest BCUT2D eigenvalue weighted by atomic mass is 16.6. The van der Waals surface area contributed by atoms with Gasteiger partial charge in [0, 0.05) is 0 Å². The highest BCUT2D eigenvalue weighted by Gasteiger charge is 2.33. The van der Waals surface area contributed by atoms with E-state index in [9.17, 15) is 14.4 Å². The normalized spacial score (nSPS) is 14.8. The number of unbranched alkanes of at least 4 members (excludes halogenated alkanes) is 2. The molecule has 0 radical (unpaired) electrons. The van der Waals surface area contributed by atoms with Gasteiger partial charge in [0.1, 0.15) is 5.70 Å². The molecule has 1 amide bonds. The SMILES string of the molecule is CCCCCC1=C(NC(=O)OCC)C(=O)OC1=O. The van der Waals surface area contributed by atoms with Crippen molar-refractivity contribution in [3.8, 4) is 0 Å². The van der Waals surface area contributed by atoms with Crippen LogP contribution in [-0.2, 0) is 19.1 Å². The smallest absolute Gasteiger partial charge is 0.411 e. The van der Waals surface area contributed by atoms with Crippen molar-refractivity contribution in [2.24, 2.45) is 0 Å². The first-order valence-electron chi connectivity index (χ1n) is 6.03. The fourth-order valence-electron chi connectivity index (χ4n) is 1.60. The van der Waals surface area contributed by atoms with Gasteiger partial charge in [-0.05, 0) is 19.8 Å². The second kappa shape index (κ2) is 6.78. The summed E-state index contributed by atoms with van der Waals surface area (Å²) in [6.07, 6.45) is 2.36. The molecule has 1 heterocycles. The van der Waals surface area contributed by atoms with Gasteiger partial charge < -0.3 is 9.47 Å². The van der Waals surface area contributed by atoms with Gasteiger partial charge in [-0.1, -0.05) is 19.8 Å². The molecule has 1 aliphatic heterocycles. The monoisotopic (exact) mass is 255 g/mol. The number of hydrogen-bond acceptors (Lipinski definition) is 5. The summed E-state index contributed by atoms with van der Waals surface area (Å²) in [6.45, 7) is 3.87. The van der Waals surface area contributed by atoms with Gasteiger partial charge in [-0.15, -0.1) is 0 Å². The predicted octanol–water partition coefficient (Wildman–Crippen LogP) is 1.65. The Kier molecular flexibility index (Phi) is 5.35. The summed E-state index contributed by atoms with van der Waals surface area (Å²) < 4.78 is 9.13. The number of hydrogen-bond donors (Lipinski definition) is 1. The number of nitrogens with one attached hydrogen (secondary N) is 1. The molecule has 0 saturated carbocycles. The van der Waals surface area contributed by atoms with Crippen molar-refractivity contribution in [1.82, 2.24) is 5.32 Å². The zero-order valence-electron chi connectivity index (χ0n) is 10.6. The third-order valence-electron chi connectivity index (χ3n) is 2.47. The summed E-state index contributed by atoms with van der Waals surface area (Å²) in [5, 5.41) is 2.26. The Hall–Kier alpha value is -1.85. The number of ether oxygens (including phenoxy) is 2. The number of esters is 2. The van der Waals surface area contributed by atoms with Gasteiger partial charge in [-0.25, -0.2) is 14.4 Å².